The zero-order valence-electron chi connectivity index (χ0n) is 22.7. The van der Waals surface area contributed by atoms with Crippen LogP contribution < -0.4 is 16.4 Å². The van der Waals surface area contributed by atoms with Gasteiger partial charge in [0.15, 0.2) is 11.4 Å². The molecular formula is C27H33N3O11. The summed E-state index contributed by atoms with van der Waals surface area (Å²) in [4.78, 5) is 63.4. The molecule has 14 heteroatoms. The predicted molar refractivity (Wildman–Crippen MR) is 140 cm³/mol. The number of anilines is 1. The van der Waals surface area contributed by atoms with Crippen molar-refractivity contribution in [1.82, 2.24) is 5.32 Å². The number of aliphatic hydroxyl groups excluding tert-OH is 3. The van der Waals surface area contributed by atoms with Crippen LogP contribution in [0.4, 0.5) is 10.5 Å². The van der Waals surface area contributed by atoms with E-state index in [0.717, 1.165) is 7.11 Å². The number of phenols is 1. The summed E-state index contributed by atoms with van der Waals surface area (Å²) in [5.74, 6) is -11.8. The van der Waals surface area contributed by atoms with Crippen LogP contribution in [0.25, 0.3) is 5.76 Å². The standard InChI is InChI=1S/C27H33N3O11/c1-8(2)18(25(38)41-4)30-26(39)29-12-6-5-10-9(3)14-17(21(34)15(10)20(12)33)23(36)27(40)11(19(14)32)7-13(31)16(22(27)35)24(28)37/h5-6,8-9,11,13-14,16,18-19,31-34,40H,7H2,1-4H3,(H2,28,37)(H2,29,30,39)/t9-,11+,13?,14+,16?,18?,19+,27+/m0/s1. The fourth-order valence-electron chi connectivity index (χ4n) is 6.32. The number of amides is 3. The number of nitrogens with two attached hydrogens (primary N) is 1. The number of ketones is 2. The number of methoxy groups -OCH3 is 1. The summed E-state index contributed by atoms with van der Waals surface area (Å²) < 4.78 is 4.69. The average Bonchev–Trinajstić information content (AvgIpc) is 2.90. The van der Waals surface area contributed by atoms with Crippen LogP contribution in [0.1, 0.15) is 44.2 Å². The molecule has 0 heterocycles. The second-order valence-electron chi connectivity index (χ2n) is 11.1. The summed E-state index contributed by atoms with van der Waals surface area (Å²) in [5, 5.41) is 60.2. The fourth-order valence-corrected chi connectivity index (χ4v) is 6.32. The lowest BCUT2D eigenvalue weighted by Crippen LogP contribution is -2.70. The minimum atomic E-state index is -2.97. The number of ether oxygens (including phenoxy) is 1. The number of carbonyl (C=O) groups is 5. The van der Waals surface area contributed by atoms with Crippen LogP contribution in [-0.4, -0.2) is 86.0 Å². The van der Waals surface area contributed by atoms with Gasteiger partial charge in [-0.2, -0.15) is 0 Å². The molecule has 0 radical (unpaired) electrons. The van der Waals surface area contributed by atoms with E-state index in [4.69, 9.17) is 10.5 Å². The van der Waals surface area contributed by atoms with Crippen LogP contribution in [0.2, 0.25) is 0 Å². The van der Waals surface area contributed by atoms with Gasteiger partial charge in [0.1, 0.15) is 23.5 Å². The van der Waals surface area contributed by atoms with Crippen molar-refractivity contribution in [3.63, 3.8) is 0 Å². The number of urea groups is 1. The topological polar surface area (TPSA) is 246 Å². The molecule has 2 saturated carbocycles. The van der Waals surface area contributed by atoms with Gasteiger partial charge in [-0.1, -0.05) is 26.8 Å². The molecule has 3 aliphatic carbocycles. The van der Waals surface area contributed by atoms with Crippen molar-refractivity contribution < 1.29 is 54.2 Å². The van der Waals surface area contributed by atoms with E-state index in [1.54, 1.807) is 20.8 Å². The Morgan fingerprint density at radius 3 is 2.34 bits per heavy atom. The first-order valence-electron chi connectivity index (χ1n) is 13.0. The lowest BCUT2D eigenvalue weighted by Gasteiger charge is -2.52. The van der Waals surface area contributed by atoms with Crippen molar-refractivity contribution in [3.05, 3.63) is 28.8 Å². The SMILES string of the molecule is COC(=O)C(NC(=O)Nc1ccc2c(c1O)C(O)=C1C(=O)[C@]3(O)C(=O)C(C(N)=O)C(O)C[C@@H]3[C@@H](O)[C@@H]1[C@H]2C)C(C)C. The molecule has 9 N–H and O–H groups in total. The Hall–Kier alpha value is -4.01. The van der Waals surface area contributed by atoms with Gasteiger partial charge in [0.05, 0.1) is 30.6 Å². The number of hydrogen-bond acceptors (Lipinski definition) is 11. The van der Waals surface area contributed by atoms with Crippen molar-refractivity contribution in [2.24, 2.45) is 29.4 Å². The van der Waals surface area contributed by atoms with E-state index >= 15 is 0 Å². The van der Waals surface area contributed by atoms with Gasteiger partial charge >= 0.3 is 12.0 Å². The molecule has 4 rings (SSSR count). The molecular weight excluding hydrogens is 542 g/mol. The van der Waals surface area contributed by atoms with Crippen molar-refractivity contribution >= 4 is 40.9 Å². The highest BCUT2D eigenvalue weighted by molar-refractivity contribution is 6.25. The molecule has 0 spiro atoms. The van der Waals surface area contributed by atoms with E-state index < -0.39 is 100 Å². The Bertz CT molecular complexity index is 1370. The maximum atomic E-state index is 13.7. The summed E-state index contributed by atoms with van der Waals surface area (Å²) in [6.45, 7) is 4.95. The molecule has 41 heavy (non-hydrogen) atoms. The molecule has 222 valence electrons. The van der Waals surface area contributed by atoms with Crippen molar-refractivity contribution in [1.29, 1.82) is 0 Å². The molecule has 2 fully saturated rings. The smallest absolute Gasteiger partial charge is 0.328 e. The number of benzene rings is 1. The molecule has 0 saturated heterocycles. The minimum absolute atomic E-state index is 0.211. The maximum Gasteiger partial charge on any atom is 0.328 e. The lowest BCUT2D eigenvalue weighted by molar-refractivity contribution is -0.186. The number of rotatable bonds is 5. The molecule has 0 aromatic heterocycles. The first kappa shape index (κ1) is 30.0. The molecule has 3 amide bonds. The van der Waals surface area contributed by atoms with E-state index in [1.165, 1.54) is 12.1 Å². The van der Waals surface area contributed by atoms with Gasteiger partial charge in [0.2, 0.25) is 11.7 Å². The van der Waals surface area contributed by atoms with Gasteiger partial charge in [0.25, 0.3) is 0 Å². The Kier molecular flexibility index (Phi) is 7.62. The number of primary amides is 1. The number of carbonyl (C=O) groups excluding carboxylic acids is 5. The van der Waals surface area contributed by atoms with Crippen LogP contribution in [0.3, 0.4) is 0 Å². The van der Waals surface area contributed by atoms with E-state index in [1.807, 2.05) is 0 Å². The molecule has 14 nitrogen and oxygen atoms in total. The van der Waals surface area contributed by atoms with E-state index in [9.17, 15) is 49.5 Å². The number of nitrogens with one attached hydrogen (secondary N) is 2. The van der Waals surface area contributed by atoms with Gasteiger partial charge < -0.3 is 46.6 Å². The second kappa shape index (κ2) is 10.4. The monoisotopic (exact) mass is 575 g/mol. The van der Waals surface area contributed by atoms with E-state index in [0.29, 0.717) is 0 Å². The molecule has 3 aliphatic rings. The van der Waals surface area contributed by atoms with E-state index in [2.05, 4.69) is 10.6 Å². The third-order valence-electron chi connectivity index (χ3n) is 8.47. The number of Topliss-reactive ketones (excluding diaryl/α,β-unsaturated/α-hetero) is 2. The fraction of sp³-hybridized carbons (Fsp3) is 0.519. The summed E-state index contributed by atoms with van der Waals surface area (Å²) >= 11 is 0. The van der Waals surface area contributed by atoms with Gasteiger partial charge in [0, 0.05) is 17.4 Å². The Balaban J connectivity index is 1.77. The Morgan fingerprint density at radius 1 is 1.15 bits per heavy atom. The molecule has 1 aromatic carbocycles. The molecule has 8 atom stereocenters. The molecule has 1 aromatic rings. The van der Waals surface area contributed by atoms with E-state index in [-0.39, 0.29) is 22.7 Å². The number of aliphatic hydroxyl groups is 4. The first-order chi connectivity index (χ1) is 19.1. The minimum Gasteiger partial charge on any atom is -0.507 e. The largest absolute Gasteiger partial charge is 0.507 e. The van der Waals surface area contributed by atoms with Crippen molar-refractivity contribution in [2.75, 3.05) is 12.4 Å². The highest BCUT2D eigenvalue weighted by atomic mass is 16.5. The number of esters is 1. The van der Waals surface area contributed by atoms with Crippen LogP contribution in [-0.2, 0) is 23.9 Å². The van der Waals surface area contributed by atoms with Crippen molar-refractivity contribution in [2.45, 2.75) is 57.0 Å². The Morgan fingerprint density at radius 2 is 1.78 bits per heavy atom. The van der Waals surface area contributed by atoms with Gasteiger partial charge in [-0.15, -0.1) is 0 Å². The molecule has 3 unspecified atom stereocenters. The average molecular weight is 576 g/mol. The van der Waals surface area contributed by atoms with Crippen LogP contribution in [0.5, 0.6) is 5.75 Å². The zero-order chi connectivity index (χ0) is 30.7. The predicted octanol–water partition coefficient (Wildman–Crippen LogP) is -0.560. The number of aromatic hydroxyl groups is 1. The summed E-state index contributed by atoms with van der Waals surface area (Å²) in [7, 11) is 1.16. The third kappa shape index (κ3) is 4.42. The van der Waals surface area contributed by atoms with Gasteiger partial charge in [-0.3, -0.25) is 14.4 Å². The molecule has 0 aliphatic heterocycles. The highest BCUT2D eigenvalue weighted by Gasteiger charge is 2.67. The second-order valence-corrected chi connectivity index (χ2v) is 11.1. The first-order valence-corrected chi connectivity index (χ1v) is 13.0. The lowest BCUT2D eigenvalue weighted by atomic mass is 9.53. The van der Waals surface area contributed by atoms with Crippen LogP contribution in [0.15, 0.2) is 17.7 Å². The quantitative estimate of drug-likeness (QED) is 0.126. The third-order valence-corrected chi connectivity index (χ3v) is 8.47. The molecule has 0 bridgehead atoms. The van der Waals surface area contributed by atoms with Gasteiger partial charge in [-0.05, 0) is 29.9 Å². The van der Waals surface area contributed by atoms with Crippen LogP contribution in [0, 0.1) is 23.7 Å². The maximum absolute atomic E-state index is 13.7. The number of phenolic OH excluding ortho intramolecular Hbond substituents is 1. The van der Waals surface area contributed by atoms with Gasteiger partial charge in [-0.25, -0.2) is 9.59 Å². The van der Waals surface area contributed by atoms with Crippen LogP contribution >= 0.6 is 0 Å². The summed E-state index contributed by atoms with van der Waals surface area (Å²) in [6, 6.07) is 0.874. The summed E-state index contributed by atoms with van der Waals surface area (Å²) in [5.41, 5.74) is 1.50. The highest BCUT2D eigenvalue weighted by Crippen LogP contribution is 2.55. The summed E-state index contributed by atoms with van der Waals surface area (Å²) in [6.07, 6.45) is -3.75. The Labute approximate surface area is 234 Å². The zero-order valence-corrected chi connectivity index (χ0v) is 22.7. The van der Waals surface area contributed by atoms with Crippen molar-refractivity contribution in [3.8, 4) is 5.75 Å². The number of hydrogen-bond donors (Lipinski definition) is 8. The number of fused-ring (bicyclic) bond motifs is 3. The normalized spacial score (nSPS) is 31.5.